The van der Waals surface area contributed by atoms with E-state index in [1.807, 2.05) is 6.20 Å². The Hall–Kier alpha value is -1.05. The molecule has 0 N–H and O–H groups in total. The average Bonchev–Trinajstić information content (AvgIpc) is 1.86. The van der Waals surface area contributed by atoms with E-state index in [4.69, 9.17) is 0 Å². The van der Waals surface area contributed by atoms with Crippen LogP contribution in [0, 0.1) is 0 Å². The van der Waals surface area contributed by atoms with Gasteiger partial charge >= 0.3 is 0 Å². The topological polar surface area (TPSA) is 15.6 Å². The van der Waals surface area contributed by atoms with Crippen molar-refractivity contribution in [2.75, 3.05) is 13.1 Å². The van der Waals surface area contributed by atoms with Crippen LogP contribution in [0.5, 0.6) is 0 Å². The summed E-state index contributed by atoms with van der Waals surface area (Å²) < 4.78 is 0. The van der Waals surface area contributed by atoms with Gasteiger partial charge in [0.15, 0.2) is 0 Å². The SMILES string of the molecule is C1=CCN(C2=NC=C2)CC1. The van der Waals surface area contributed by atoms with Gasteiger partial charge in [0.25, 0.3) is 0 Å². The van der Waals surface area contributed by atoms with Crippen molar-refractivity contribution in [2.45, 2.75) is 6.42 Å². The van der Waals surface area contributed by atoms with E-state index in [2.05, 4.69) is 28.1 Å². The summed E-state index contributed by atoms with van der Waals surface area (Å²) in [7, 11) is 0. The molecule has 2 heteroatoms. The maximum Gasteiger partial charge on any atom is 0.130 e. The number of amidine groups is 1. The highest BCUT2D eigenvalue weighted by Crippen LogP contribution is 2.07. The van der Waals surface area contributed by atoms with Gasteiger partial charge in [0.05, 0.1) is 0 Å². The molecule has 0 spiro atoms. The molecule has 2 aliphatic rings. The molecular formula is C8H10N2. The first-order valence-corrected chi connectivity index (χ1v) is 3.61. The fourth-order valence-corrected chi connectivity index (χ4v) is 1.18. The predicted octanol–water partition coefficient (Wildman–Crippen LogP) is 1.17. The standard InChI is InChI=1S/C8H10N2/c1-2-6-10(7-3-1)8-4-5-9-8/h1-2,4-5H,3,6-7H2. The van der Waals surface area contributed by atoms with Crippen molar-refractivity contribution in [3.05, 3.63) is 24.4 Å². The summed E-state index contributed by atoms with van der Waals surface area (Å²) in [6.07, 6.45) is 9.47. The van der Waals surface area contributed by atoms with Crippen LogP contribution in [0.4, 0.5) is 0 Å². The van der Waals surface area contributed by atoms with Gasteiger partial charge in [-0.3, -0.25) is 0 Å². The molecular weight excluding hydrogens is 124 g/mol. The van der Waals surface area contributed by atoms with E-state index in [0.29, 0.717) is 0 Å². The third-order valence-corrected chi connectivity index (χ3v) is 1.81. The molecule has 52 valence electrons. The number of hydrogen-bond acceptors (Lipinski definition) is 2. The zero-order chi connectivity index (χ0) is 6.81. The number of rotatable bonds is 0. The number of aliphatic imine (C=N–C) groups is 1. The molecule has 0 aromatic carbocycles. The van der Waals surface area contributed by atoms with Crippen LogP contribution in [0.1, 0.15) is 6.42 Å². The van der Waals surface area contributed by atoms with Gasteiger partial charge < -0.3 is 4.90 Å². The third-order valence-electron chi connectivity index (χ3n) is 1.81. The maximum absolute atomic E-state index is 4.12. The zero-order valence-corrected chi connectivity index (χ0v) is 5.83. The van der Waals surface area contributed by atoms with Gasteiger partial charge in [0, 0.05) is 19.3 Å². The molecule has 0 amide bonds. The Labute approximate surface area is 60.6 Å². The number of nitrogens with zero attached hydrogens (tertiary/aromatic N) is 2. The molecule has 0 aromatic heterocycles. The minimum Gasteiger partial charge on any atom is -0.353 e. The molecule has 0 saturated carbocycles. The van der Waals surface area contributed by atoms with Gasteiger partial charge in [-0.1, -0.05) is 12.2 Å². The summed E-state index contributed by atoms with van der Waals surface area (Å²) in [5.74, 6) is 1.14. The number of hydrogen-bond donors (Lipinski definition) is 0. The lowest BCUT2D eigenvalue weighted by atomic mass is 10.2. The highest BCUT2D eigenvalue weighted by molar-refractivity contribution is 5.97. The molecule has 2 rings (SSSR count). The first kappa shape index (κ1) is 5.71. The molecule has 2 heterocycles. The second-order valence-electron chi connectivity index (χ2n) is 2.51. The van der Waals surface area contributed by atoms with Gasteiger partial charge in [-0.2, -0.15) is 0 Å². The summed E-state index contributed by atoms with van der Waals surface area (Å²) >= 11 is 0. The van der Waals surface area contributed by atoms with Gasteiger partial charge in [-0.05, 0) is 12.5 Å². The lowest BCUT2D eigenvalue weighted by Crippen LogP contribution is -2.34. The quantitative estimate of drug-likeness (QED) is 0.454. The lowest BCUT2D eigenvalue weighted by molar-refractivity contribution is 0.454. The van der Waals surface area contributed by atoms with E-state index in [1.165, 1.54) is 0 Å². The monoisotopic (exact) mass is 134 g/mol. The fourth-order valence-electron chi connectivity index (χ4n) is 1.18. The second kappa shape index (κ2) is 2.29. The highest BCUT2D eigenvalue weighted by atomic mass is 15.2. The van der Waals surface area contributed by atoms with Crippen LogP contribution in [0.2, 0.25) is 0 Å². The summed E-state index contributed by atoms with van der Waals surface area (Å²) in [6.45, 7) is 2.16. The summed E-state index contributed by atoms with van der Waals surface area (Å²) in [5.41, 5.74) is 0. The minimum absolute atomic E-state index is 1.03. The predicted molar refractivity (Wildman–Crippen MR) is 41.9 cm³/mol. The van der Waals surface area contributed by atoms with Crippen molar-refractivity contribution in [3.8, 4) is 0 Å². The largest absolute Gasteiger partial charge is 0.353 e. The van der Waals surface area contributed by atoms with Crippen LogP contribution in [0.25, 0.3) is 0 Å². The molecule has 2 aliphatic heterocycles. The van der Waals surface area contributed by atoms with Crippen LogP contribution in [-0.2, 0) is 0 Å². The van der Waals surface area contributed by atoms with E-state index < -0.39 is 0 Å². The molecule has 10 heavy (non-hydrogen) atoms. The van der Waals surface area contributed by atoms with Crippen LogP contribution in [0.3, 0.4) is 0 Å². The first-order valence-electron chi connectivity index (χ1n) is 3.61. The van der Waals surface area contributed by atoms with Crippen molar-refractivity contribution < 1.29 is 0 Å². The van der Waals surface area contributed by atoms with Crippen LogP contribution >= 0.6 is 0 Å². The van der Waals surface area contributed by atoms with Crippen LogP contribution in [0.15, 0.2) is 29.4 Å². The summed E-state index contributed by atoms with van der Waals surface area (Å²) in [6, 6.07) is 0. The van der Waals surface area contributed by atoms with E-state index in [9.17, 15) is 0 Å². The molecule has 0 bridgehead atoms. The Bertz CT molecular complexity index is 213. The molecule has 2 nitrogen and oxygen atoms in total. The fraction of sp³-hybridized carbons (Fsp3) is 0.375. The third kappa shape index (κ3) is 0.856. The first-order chi connectivity index (χ1) is 4.97. The smallest absolute Gasteiger partial charge is 0.130 e. The molecule has 0 atom stereocenters. The van der Waals surface area contributed by atoms with Crippen LogP contribution in [-0.4, -0.2) is 23.8 Å². The average molecular weight is 134 g/mol. The Morgan fingerprint density at radius 3 is 2.80 bits per heavy atom. The molecule has 0 aliphatic carbocycles. The maximum atomic E-state index is 4.12. The highest BCUT2D eigenvalue weighted by Gasteiger charge is 2.11. The molecule has 0 saturated heterocycles. The molecule has 0 fully saturated rings. The summed E-state index contributed by atoms with van der Waals surface area (Å²) in [5, 5.41) is 0. The van der Waals surface area contributed by atoms with E-state index >= 15 is 0 Å². The van der Waals surface area contributed by atoms with Crippen molar-refractivity contribution in [3.63, 3.8) is 0 Å². The van der Waals surface area contributed by atoms with E-state index in [-0.39, 0.29) is 0 Å². The van der Waals surface area contributed by atoms with Crippen LogP contribution < -0.4 is 0 Å². The Morgan fingerprint density at radius 2 is 2.30 bits per heavy atom. The van der Waals surface area contributed by atoms with Gasteiger partial charge in [-0.15, -0.1) is 0 Å². The Morgan fingerprint density at radius 1 is 1.40 bits per heavy atom. The van der Waals surface area contributed by atoms with E-state index in [1.54, 1.807) is 0 Å². The lowest BCUT2D eigenvalue weighted by Gasteiger charge is -2.26. The normalized spacial score (nSPS) is 22.4. The van der Waals surface area contributed by atoms with Crippen molar-refractivity contribution in [2.24, 2.45) is 4.99 Å². The van der Waals surface area contributed by atoms with Crippen molar-refractivity contribution in [1.82, 2.24) is 4.90 Å². The summed E-state index contributed by atoms with van der Waals surface area (Å²) in [4.78, 5) is 6.40. The molecule has 0 radical (unpaired) electrons. The van der Waals surface area contributed by atoms with Gasteiger partial charge in [0.2, 0.25) is 0 Å². The van der Waals surface area contributed by atoms with Gasteiger partial charge in [0.1, 0.15) is 5.84 Å². The zero-order valence-electron chi connectivity index (χ0n) is 5.83. The second-order valence-corrected chi connectivity index (χ2v) is 2.51. The Balaban J connectivity index is 1.99. The van der Waals surface area contributed by atoms with Crippen molar-refractivity contribution >= 4 is 5.84 Å². The van der Waals surface area contributed by atoms with Gasteiger partial charge in [-0.25, -0.2) is 4.99 Å². The minimum atomic E-state index is 1.03. The Kier molecular flexibility index (Phi) is 1.31. The molecule has 0 aromatic rings. The van der Waals surface area contributed by atoms with E-state index in [0.717, 1.165) is 25.3 Å². The van der Waals surface area contributed by atoms with Crippen molar-refractivity contribution in [1.29, 1.82) is 0 Å². The molecule has 0 unspecified atom stereocenters.